The van der Waals surface area contributed by atoms with Crippen LogP contribution >= 0.6 is 23.2 Å². The maximum absolute atomic E-state index is 12.4. The monoisotopic (exact) mass is 842 g/mol. The molecular formula is C39H48Cl2N4O7SSi2. The summed E-state index contributed by atoms with van der Waals surface area (Å²) in [4.78, 5) is 20.3. The van der Waals surface area contributed by atoms with E-state index in [1.54, 1.807) is 23.0 Å². The molecule has 55 heavy (non-hydrogen) atoms. The van der Waals surface area contributed by atoms with Gasteiger partial charge in [-0.1, -0.05) is 79.9 Å². The molecule has 0 aliphatic carbocycles. The van der Waals surface area contributed by atoms with Crippen molar-refractivity contribution in [3.05, 3.63) is 80.8 Å². The van der Waals surface area contributed by atoms with Gasteiger partial charge in [-0.05, 0) is 72.6 Å². The highest BCUT2D eigenvalue weighted by atomic mass is 35.5. The molecule has 2 heterocycles. The molecule has 0 bridgehead atoms. The minimum Gasteiger partial charge on any atom is -0.479 e. The van der Waals surface area contributed by atoms with E-state index in [1.165, 1.54) is 0 Å². The average molecular weight is 844 g/mol. The molecule has 11 nitrogen and oxygen atoms in total. The Morgan fingerprint density at radius 1 is 0.891 bits per heavy atom. The molecule has 16 heteroatoms. The molecule has 0 saturated carbocycles. The summed E-state index contributed by atoms with van der Waals surface area (Å²) in [5.74, 6) is 5.17. The van der Waals surface area contributed by atoms with Gasteiger partial charge in [0.15, 0.2) is 6.61 Å². The van der Waals surface area contributed by atoms with Gasteiger partial charge < -0.3 is 24.4 Å². The Morgan fingerprint density at radius 2 is 1.51 bits per heavy atom. The van der Waals surface area contributed by atoms with Gasteiger partial charge in [0.2, 0.25) is 5.16 Å². The van der Waals surface area contributed by atoms with Gasteiger partial charge in [-0.25, -0.2) is 9.78 Å². The number of hydrogen-bond acceptors (Lipinski definition) is 8. The number of imidazole rings is 2. The van der Waals surface area contributed by atoms with Crippen LogP contribution in [0, 0.1) is 18.8 Å². The molecule has 0 spiro atoms. The smallest absolute Gasteiger partial charge is 0.341 e. The van der Waals surface area contributed by atoms with Crippen LogP contribution in [0.1, 0.15) is 28.4 Å². The molecule has 0 saturated heterocycles. The van der Waals surface area contributed by atoms with Gasteiger partial charge >= 0.3 is 5.97 Å². The SMILES string of the molecule is Cc1cc2nc(S(C)=O)n(COCC[Si](C)(C)CC(O)c3ccc(C#Cc4cc5nc(OCC(=O)O)n(COCC[Si](C)(C)C)c5cc4Cl)cc3)c2cc1Cl. The van der Waals surface area contributed by atoms with Crippen LogP contribution in [-0.4, -0.2) is 81.7 Å². The first-order valence-electron chi connectivity index (χ1n) is 17.9. The second-order valence-corrected chi connectivity index (χ2v) is 28.5. The van der Waals surface area contributed by atoms with E-state index >= 15 is 0 Å². The van der Waals surface area contributed by atoms with Gasteiger partial charge in [-0.2, -0.15) is 4.98 Å². The predicted molar refractivity (Wildman–Crippen MR) is 224 cm³/mol. The van der Waals surface area contributed by atoms with Crippen LogP contribution in [-0.2, 0) is 38.5 Å². The summed E-state index contributed by atoms with van der Waals surface area (Å²) >= 11 is 13.1. The lowest BCUT2D eigenvalue weighted by molar-refractivity contribution is -0.139. The minimum absolute atomic E-state index is 0.132. The second-order valence-electron chi connectivity index (χ2n) is 15.6. The average Bonchev–Trinajstić information content (AvgIpc) is 3.62. The zero-order chi connectivity index (χ0) is 40.1. The molecule has 0 radical (unpaired) electrons. The lowest BCUT2D eigenvalue weighted by Crippen LogP contribution is -2.29. The number of carboxylic acid groups (broad SMARTS) is 1. The summed E-state index contributed by atoms with van der Waals surface area (Å²) in [5, 5.41) is 21.8. The number of nitrogens with zero attached hydrogens (tertiary/aromatic N) is 4. The highest BCUT2D eigenvalue weighted by Crippen LogP contribution is 2.30. The Morgan fingerprint density at radius 3 is 2.16 bits per heavy atom. The molecule has 2 N–H and O–H groups in total. The van der Waals surface area contributed by atoms with E-state index in [0.29, 0.717) is 51.1 Å². The van der Waals surface area contributed by atoms with Gasteiger partial charge in [0.25, 0.3) is 6.01 Å². The van der Waals surface area contributed by atoms with Crippen LogP contribution in [0.5, 0.6) is 6.01 Å². The summed E-state index contributed by atoms with van der Waals surface area (Å²) in [6.07, 6.45) is 0.965. The number of aliphatic hydroxyl groups is 1. The molecule has 0 aliphatic heterocycles. The molecular weight excluding hydrogens is 796 g/mol. The van der Waals surface area contributed by atoms with Crippen molar-refractivity contribution in [1.82, 2.24) is 19.1 Å². The van der Waals surface area contributed by atoms with E-state index in [9.17, 15) is 19.2 Å². The van der Waals surface area contributed by atoms with E-state index in [1.807, 2.05) is 47.9 Å². The first kappa shape index (κ1) is 42.6. The maximum atomic E-state index is 12.4. The van der Waals surface area contributed by atoms with E-state index in [2.05, 4.69) is 54.5 Å². The Hall–Kier alpha value is -3.53. The standard InChI is InChI=1S/C39H48Cl2N4O7SSi2/c1-26-18-32-35(20-30(26)40)45(39(43-32)53(2)49)25-51-15-17-55(6,7)23-36(46)28-11-8-27(9-12-28)10-13-29-19-33-34(21-31(29)41)44(24-50-14-16-54(3,4)5)38(42-33)52-22-37(47)48/h8-9,11-12,18-21,36,46H,14-17,22-25H2,1-7H3,(H,47,48). The lowest BCUT2D eigenvalue weighted by atomic mass is 10.1. The van der Waals surface area contributed by atoms with Crippen molar-refractivity contribution in [3.8, 4) is 17.9 Å². The number of aliphatic carboxylic acids is 1. The van der Waals surface area contributed by atoms with Crippen molar-refractivity contribution in [1.29, 1.82) is 0 Å². The van der Waals surface area contributed by atoms with Crippen molar-refractivity contribution in [2.45, 2.75) is 82.5 Å². The number of benzene rings is 3. The molecule has 0 fully saturated rings. The molecule has 0 amide bonds. The number of rotatable bonds is 17. The highest BCUT2D eigenvalue weighted by Gasteiger charge is 2.26. The first-order chi connectivity index (χ1) is 25.9. The zero-order valence-corrected chi connectivity index (χ0v) is 36.6. The van der Waals surface area contributed by atoms with Gasteiger partial charge in [0.05, 0.1) is 52.1 Å². The molecule has 2 unspecified atom stereocenters. The minimum atomic E-state index is -1.88. The highest BCUT2D eigenvalue weighted by molar-refractivity contribution is 7.84. The third-order valence-corrected chi connectivity index (χ3v) is 15.4. The van der Waals surface area contributed by atoms with Gasteiger partial charge in [0.1, 0.15) is 13.5 Å². The molecule has 294 valence electrons. The number of aromatic nitrogens is 4. The van der Waals surface area contributed by atoms with Crippen LogP contribution in [0.25, 0.3) is 22.1 Å². The Bertz CT molecular complexity index is 2260. The van der Waals surface area contributed by atoms with Crippen LogP contribution in [0.4, 0.5) is 0 Å². The van der Waals surface area contributed by atoms with Crippen molar-refractivity contribution >= 4 is 78.2 Å². The normalized spacial score (nSPS) is 13.2. The van der Waals surface area contributed by atoms with Gasteiger partial charge in [-0.3, -0.25) is 13.3 Å². The maximum Gasteiger partial charge on any atom is 0.341 e. The van der Waals surface area contributed by atoms with Crippen LogP contribution in [0.15, 0.2) is 53.7 Å². The largest absolute Gasteiger partial charge is 0.479 e. The Balaban J connectivity index is 1.20. The summed E-state index contributed by atoms with van der Waals surface area (Å²) in [5.41, 5.74) is 5.74. The van der Waals surface area contributed by atoms with Crippen LogP contribution < -0.4 is 4.74 Å². The predicted octanol–water partition coefficient (Wildman–Crippen LogP) is 8.33. The topological polar surface area (TPSA) is 138 Å². The molecule has 5 aromatic rings. The van der Waals surface area contributed by atoms with Crippen molar-refractivity contribution in [3.63, 3.8) is 0 Å². The molecule has 5 rings (SSSR count). The zero-order valence-electron chi connectivity index (χ0n) is 32.2. The molecule has 2 atom stereocenters. The van der Waals surface area contributed by atoms with E-state index in [-0.39, 0.29) is 19.5 Å². The number of aryl methyl sites for hydroxylation is 1. The van der Waals surface area contributed by atoms with E-state index < -0.39 is 45.6 Å². The lowest BCUT2D eigenvalue weighted by Gasteiger charge is -2.25. The Kier molecular flexibility index (Phi) is 14.1. The number of hydrogen-bond donors (Lipinski definition) is 2. The summed E-state index contributed by atoms with van der Waals surface area (Å²) in [6.45, 7) is 14.1. The molecule has 3 aromatic carbocycles. The number of carboxylic acids is 1. The van der Waals surface area contributed by atoms with E-state index in [4.69, 9.17) is 37.4 Å². The number of halogens is 2. The Labute approximate surface area is 336 Å². The van der Waals surface area contributed by atoms with Crippen molar-refractivity contribution in [2.75, 3.05) is 26.1 Å². The third-order valence-electron chi connectivity index (χ3n) is 9.12. The van der Waals surface area contributed by atoms with Gasteiger partial charge in [0, 0.05) is 43.7 Å². The number of carbonyl (C=O) groups is 1. The number of ether oxygens (including phenoxy) is 3. The summed E-state index contributed by atoms with van der Waals surface area (Å²) < 4.78 is 33.4. The fraction of sp³-hybridized carbons (Fsp3) is 0.410. The quantitative estimate of drug-likeness (QED) is 0.0538. The number of aliphatic hydroxyl groups excluding tert-OH is 1. The van der Waals surface area contributed by atoms with Crippen LogP contribution in [0.2, 0.25) is 60.9 Å². The summed E-state index contributed by atoms with van der Waals surface area (Å²) in [6, 6.07) is 17.3. The van der Waals surface area contributed by atoms with Crippen molar-refractivity contribution in [2.24, 2.45) is 0 Å². The second kappa shape index (κ2) is 18.2. The van der Waals surface area contributed by atoms with Crippen LogP contribution in [0.3, 0.4) is 0 Å². The van der Waals surface area contributed by atoms with Gasteiger partial charge in [-0.15, -0.1) is 0 Å². The third kappa shape index (κ3) is 11.5. The first-order valence-corrected chi connectivity index (χ1v) is 27.3. The fourth-order valence-electron chi connectivity index (χ4n) is 5.86. The molecule has 2 aromatic heterocycles. The fourth-order valence-corrected chi connectivity index (χ4v) is 9.85. The summed E-state index contributed by atoms with van der Waals surface area (Å²) in [7, 11) is -4.48. The van der Waals surface area contributed by atoms with E-state index in [0.717, 1.165) is 39.8 Å². The molecule has 0 aliphatic rings. The van der Waals surface area contributed by atoms with Crippen molar-refractivity contribution < 1.29 is 33.4 Å². The number of fused-ring (bicyclic) bond motifs is 2.